The Morgan fingerprint density at radius 3 is 2.72 bits per heavy atom. The number of ether oxygens (including phenoxy) is 2. The second-order valence-corrected chi connectivity index (χ2v) is 7.81. The number of fused-ring (bicyclic) bond motifs is 1. The van der Waals surface area contributed by atoms with Crippen molar-refractivity contribution in [1.82, 2.24) is 0 Å². The lowest BCUT2D eigenvalue weighted by Crippen LogP contribution is -2.32. The lowest BCUT2D eigenvalue weighted by molar-refractivity contribution is -0.385. The van der Waals surface area contributed by atoms with Crippen molar-refractivity contribution < 1.29 is 32.2 Å². The van der Waals surface area contributed by atoms with Crippen LogP contribution in [0.25, 0.3) is 6.08 Å². The molecule has 1 N–H and O–H groups in total. The Morgan fingerprint density at radius 2 is 2.07 bits per heavy atom. The number of aryl methyl sites for hydroxylation is 1. The number of hydrogen-bond donors (Lipinski definition) is 1. The highest BCUT2D eigenvalue weighted by Crippen LogP contribution is 2.41. The minimum Gasteiger partial charge on any atom is -0.486 e. The Balaban J connectivity index is 1.99. The average Bonchev–Trinajstić information content (AvgIpc) is 2.64. The Labute approximate surface area is 166 Å². The molecule has 0 aromatic heterocycles. The molecule has 0 bridgehead atoms. The van der Waals surface area contributed by atoms with Gasteiger partial charge in [0.15, 0.2) is 11.5 Å². The summed E-state index contributed by atoms with van der Waals surface area (Å²) < 4.78 is 44.3. The topological polar surface area (TPSA) is 133 Å². The van der Waals surface area contributed by atoms with Gasteiger partial charge in [-0.1, -0.05) is 17.7 Å². The van der Waals surface area contributed by atoms with Crippen molar-refractivity contribution in [2.45, 2.75) is 24.3 Å². The molecule has 1 aliphatic heterocycles. The summed E-state index contributed by atoms with van der Waals surface area (Å²) in [5.41, 5.74) is 0.929. The van der Waals surface area contributed by atoms with Gasteiger partial charge in [-0.25, -0.2) is 0 Å². The molecule has 0 amide bonds. The minimum atomic E-state index is -4.44. The predicted molar refractivity (Wildman–Crippen MR) is 103 cm³/mol. The zero-order chi connectivity index (χ0) is 21.2. The van der Waals surface area contributed by atoms with E-state index in [1.54, 1.807) is 19.1 Å². The van der Waals surface area contributed by atoms with Crippen LogP contribution in [0.1, 0.15) is 16.7 Å². The molecular formula is C19H17NO8S. The smallest absolute Gasteiger partial charge is 0.294 e. The lowest BCUT2D eigenvalue weighted by atomic mass is 10.0. The molecular weight excluding hydrogens is 402 g/mol. The number of carbonyl (C=O) groups excluding carboxylic acids is 1. The van der Waals surface area contributed by atoms with Gasteiger partial charge >= 0.3 is 0 Å². The van der Waals surface area contributed by atoms with Gasteiger partial charge in [0.2, 0.25) is 0 Å². The summed E-state index contributed by atoms with van der Waals surface area (Å²) in [5.74, 6) is 0.367. The Morgan fingerprint density at radius 1 is 1.31 bits per heavy atom. The zero-order valence-electron chi connectivity index (χ0n) is 15.3. The fourth-order valence-electron chi connectivity index (χ4n) is 3.11. The molecule has 0 spiro atoms. The molecule has 1 heterocycles. The van der Waals surface area contributed by atoms with Crippen LogP contribution >= 0.6 is 0 Å². The quantitative estimate of drug-likeness (QED) is 0.248. The van der Waals surface area contributed by atoms with Gasteiger partial charge in [0.25, 0.3) is 15.8 Å². The third-order valence-electron chi connectivity index (χ3n) is 4.33. The molecule has 0 saturated heterocycles. The van der Waals surface area contributed by atoms with Crippen molar-refractivity contribution in [3.63, 3.8) is 0 Å². The van der Waals surface area contributed by atoms with Crippen LogP contribution in [0, 0.1) is 17.0 Å². The number of aldehydes is 1. The summed E-state index contributed by atoms with van der Waals surface area (Å²) in [6.07, 6.45) is 2.25. The number of nitro benzene ring substituents is 1. The maximum Gasteiger partial charge on any atom is 0.294 e. The van der Waals surface area contributed by atoms with Crippen molar-refractivity contribution in [1.29, 1.82) is 0 Å². The van der Waals surface area contributed by atoms with Gasteiger partial charge in [0.1, 0.15) is 19.0 Å². The van der Waals surface area contributed by atoms with E-state index in [0.29, 0.717) is 11.8 Å². The number of rotatable bonds is 6. The first-order valence-electron chi connectivity index (χ1n) is 8.50. The maximum absolute atomic E-state index is 11.7. The lowest BCUT2D eigenvalue weighted by Gasteiger charge is -2.28. The second kappa shape index (κ2) is 8.02. The van der Waals surface area contributed by atoms with E-state index in [1.165, 1.54) is 24.3 Å². The number of carbonyl (C=O) groups is 1. The van der Waals surface area contributed by atoms with Crippen molar-refractivity contribution in [2.75, 3.05) is 6.61 Å². The molecule has 0 fully saturated rings. The summed E-state index contributed by atoms with van der Waals surface area (Å²) in [6, 6.07) is 7.14. The first kappa shape index (κ1) is 20.5. The largest absolute Gasteiger partial charge is 0.486 e. The number of nitrogens with zero attached hydrogens (tertiary/aromatic N) is 1. The highest BCUT2D eigenvalue weighted by Gasteiger charge is 2.29. The van der Waals surface area contributed by atoms with E-state index in [1.807, 2.05) is 0 Å². The molecule has 10 heteroatoms. The normalized spacial score (nSPS) is 16.0. The third kappa shape index (κ3) is 4.44. The molecule has 1 aliphatic rings. The van der Waals surface area contributed by atoms with E-state index in [-0.39, 0.29) is 40.7 Å². The molecule has 152 valence electrons. The summed E-state index contributed by atoms with van der Waals surface area (Å²) in [7, 11) is -4.44. The van der Waals surface area contributed by atoms with Gasteiger partial charge in [-0.2, -0.15) is 8.42 Å². The van der Waals surface area contributed by atoms with Crippen LogP contribution in [-0.2, 0) is 21.3 Å². The molecule has 1 unspecified atom stereocenters. The van der Waals surface area contributed by atoms with Crippen LogP contribution in [0.3, 0.4) is 0 Å². The van der Waals surface area contributed by atoms with Crippen molar-refractivity contribution >= 4 is 28.2 Å². The fraction of sp³-hybridized carbons (Fsp3) is 0.211. The Hall–Kier alpha value is -3.24. The first-order valence-corrected chi connectivity index (χ1v) is 9.94. The zero-order valence-corrected chi connectivity index (χ0v) is 16.1. The van der Waals surface area contributed by atoms with Gasteiger partial charge in [-0.3, -0.25) is 19.5 Å². The van der Waals surface area contributed by atoms with E-state index >= 15 is 0 Å². The van der Waals surface area contributed by atoms with Gasteiger partial charge in [-0.15, -0.1) is 0 Å². The molecule has 9 nitrogen and oxygen atoms in total. The first-order chi connectivity index (χ1) is 13.7. The van der Waals surface area contributed by atoms with E-state index in [0.717, 1.165) is 11.6 Å². The Kier molecular flexibility index (Phi) is 5.66. The molecule has 2 aromatic rings. The summed E-state index contributed by atoms with van der Waals surface area (Å²) in [5, 5.41) is 11.3. The number of benzene rings is 2. The number of allylic oxidation sites excluding steroid dienone is 1. The van der Waals surface area contributed by atoms with Crippen molar-refractivity contribution in [3.8, 4) is 11.5 Å². The SMILES string of the molecule is Cc1ccc(S(=O)(=O)O)c(CC2COc3ccc([N+](=O)[O-])c(C=CC=O)c3O2)c1. The Bertz CT molecular complexity index is 1110. The number of hydrogen-bond acceptors (Lipinski definition) is 7. The van der Waals surface area contributed by atoms with E-state index in [9.17, 15) is 27.9 Å². The predicted octanol–water partition coefficient (Wildman–Crippen LogP) is 2.74. The second-order valence-electron chi connectivity index (χ2n) is 6.42. The molecule has 1 atom stereocenters. The molecule has 0 saturated carbocycles. The van der Waals surface area contributed by atoms with Crippen LogP contribution < -0.4 is 9.47 Å². The minimum absolute atomic E-state index is 0.0699. The third-order valence-corrected chi connectivity index (χ3v) is 5.28. The summed E-state index contributed by atoms with van der Waals surface area (Å²) >= 11 is 0. The highest BCUT2D eigenvalue weighted by molar-refractivity contribution is 7.85. The van der Waals surface area contributed by atoms with Gasteiger partial charge in [0.05, 0.1) is 15.4 Å². The van der Waals surface area contributed by atoms with Crippen molar-refractivity contribution in [3.05, 3.63) is 63.2 Å². The average molecular weight is 419 g/mol. The molecule has 0 aliphatic carbocycles. The number of nitro groups is 1. The van der Waals surface area contributed by atoms with Crippen LogP contribution in [0.2, 0.25) is 0 Å². The van der Waals surface area contributed by atoms with Crippen LogP contribution in [0.4, 0.5) is 5.69 Å². The van der Waals surface area contributed by atoms with E-state index < -0.39 is 21.1 Å². The van der Waals surface area contributed by atoms with Gasteiger partial charge in [0, 0.05) is 12.5 Å². The van der Waals surface area contributed by atoms with Crippen LogP contribution in [0.5, 0.6) is 11.5 Å². The van der Waals surface area contributed by atoms with Gasteiger partial charge < -0.3 is 9.47 Å². The summed E-state index contributed by atoms with van der Waals surface area (Å²) in [6.45, 7) is 1.84. The standard InChI is InChI=1S/C19H17NO8S/c1-12-4-7-18(29(24,25)26)13(9-12)10-14-11-27-17-6-5-16(20(22)23)15(3-2-8-21)19(17)28-14/h2-9,14H,10-11H2,1H3,(H,24,25,26). The molecule has 3 rings (SSSR count). The highest BCUT2D eigenvalue weighted by atomic mass is 32.2. The van der Waals surface area contributed by atoms with E-state index in [4.69, 9.17) is 9.47 Å². The van der Waals surface area contributed by atoms with Crippen LogP contribution in [-0.4, -0.2) is 36.9 Å². The van der Waals surface area contributed by atoms with Gasteiger partial charge in [-0.05, 0) is 36.8 Å². The fourth-order valence-corrected chi connectivity index (χ4v) is 3.82. The van der Waals surface area contributed by atoms with Crippen LogP contribution in [0.15, 0.2) is 41.3 Å². The maximum atomic E-state index is 11.7. The molecule has 29 heavy (non-hydrogen) atoms. The molecule has 0 radical (unpaired) electrons. The molecule has 2 aromatic carbocycles. The monoisotopic (exact) mass is 419 g/mol. The van der Waals surface area contributed by atoms with Crippen molar-refractivity contribution in [2.24, 2.45) is 0 Å². The van der Waals surface area contributed by atoms with E-state index in [2.05, 4.69) is 0 Å². The summed E-state index contributed by atoms with van der Waals surface area (Å²) in [4.78, 5) is 21.2.